The molecule has 1 heterocycles. The minimum Gasteiger partial charge on any atom is -0.248 e. The van der Waals surface area contributed by atoms with Crippen molar-refractivity contribution in [2.24, 2.45) is 0 Å². The summed E-state index contributed by atoms with van der Waals surface area (Å²) in [5.74, 6) is 0. The Morgan fingerprint density at radius 2 is 1.34 bits per heavy atom. The molecule has 0 N–H and O–H groups in total. The Kier molecular flexibility index (Phi) is 6.10. The van der Waals surface area contributed by atoms with Gasteiger partial charge in [0.25, 0.3) is 0 Å². The van der Waals surface area contributed by atoms with E-state index >= 15 is 0 Å². The van der Waals surface area contributed by atoms with E-state index < -0.39 is 0 Å². The van der Waals surface area contributed by atoms with Crippen LogP contribution in [0.4, 0.5) is 0 Å². The molecule has 0 aliphatic heterocycles. The first-order chi connectivity index (χ1) is 21.5. The van der Waals surface area contributed by atoms with Crippen LogP contribution in [0, 0.1) is 0 Å². The van der Waals surface area contributed by atoms with Gasteiger partial charge in [-0.3, -0.25) is 0 Å². The second kappa shape index (κ2) is 10.2. The van der Waals surface area contributed by atoms with Gasteiger partial charge in [-0.15, -0.1) is 0 Å². The molecule has 0 bridgehead atoms. The summed E-state index contributed by atoms with van der Waals surface area (Å²) in [5.41, 5.74) is 17.1. The highest BCUT2D eigenvalue weighted by Crippen LogP contribution is 2.52. The second-order valence-corrected chi connectivity index (χ2v) is 12.4. The van der Waals surface area contributed by atoms with Gasteiger partial charge in [0.15, 0.2) is 0 Å². The molecule has 210 valence electrons. The Bertz CT molecular complexity index is 2170. The standard InChI is InChI=1S/C43H33N/c1-28-11-5-4-6-14-36-33(24-25-37-35-13-8-9-15-39(35)43(2,3)42(36)37)34-23-21-32(27-38(28)34)29-17-19-31(20-18-29)41-26-22-30-12-7-10-16-40(30)44-41/h4-13,15-27H,1,14H2,2-3H3/b6-4-,11-5-. The maximum absolute atomic E-state index is 4.90. The van der Waals surface area contributed by atoms with Crippen molar-refractivity contribution in [3.05, 3.63) is 168 Å². The average molecular weight is 564 g/mol. The lowest BCUT2D eigenvalue weighted by molar-refractivity contribution is 0.654. The molecule has 44 heavy (non-hydrogen) atoms. The molecular formula is C43H33N. The molecule has 8 rings (SSSR count). The number of aromatic nitrogens is 1. The Labute approximate surface area is 259 Å². The number of rotatable bonds is 2. The SMILES string of the molecule is C=C1/C=C\C=C/Cc2c(ccc3c2C(C)(C)c2ccccc2-3)-c2ccc(-c3ccc(-c4ccc5ccccc5n4)cc3)cc21. The van der Waals surface area contributed by atoms with E-state index in [1.54, 1.807) is 0 Å². The fourth-order valence-electron chi connectivity index (χ4n) is 7.26. The van der Waals surface area contributed by atoms with Crippen molar-refractivity contribution in [3.8, 4) is 44.6 Å². The van der Waals surface area contributed by atoms with Crippen LogP contribution in [0.3, 0.4) is 0 Å². The third-order valence-electron chi connectivity index (χ3n) is 9.46. The van der Waals surface area contributed by atoms with Crippen molar-refractivity contribution < 1.29 is 0 Å². The summed E-state index contributed by atoms with van der Waals surface area (Å²) in [6.07, 6.45) is 9.59. The topological polar surface area (TPSA) is 12.9 Å². The highest BCUT2D eigenvalue weighted by molar-refractivity contribution is 5.92. The molecule has 1 aromatic heterocycles. The first-order valence-electron chi connectivity index (χ1n) is 15.4. The van der Waals surface area contributed by atoms with E-state index in [9.17, 15) is 0 Å². The molecule has 0 radical (unpaired) electrons. The lowest BCUT2D eigenvalue weighted by Crippen LogP contribution is -2.18. The predicted molar refractivity (Wildman–Crippen MR) is 187 cm³/mol. The van der Waals surface area contributed by atoms with Gasteiger partial charge in [-0.05, 0) is 85.8 Å². The third kappa shape index (κ3) is 4.19. The number of pyridine rings is 1. The summed E-state index contributed by atoms with van der Waals surface area (Å²) in [6.45, 7) is 9.27. The average Bonchev–Trinajstić information content (AvgIpc) is 3.30. The fraction of sp³-hybridized carbons (Fsp3) is 0.0930. The summed E-state index contributed by atoms with van der Waals surface area (Å²) in [7, 11) is 0. The first kappa shape index (κ1) is 26.4. The van der Waals surface area contributed by atoms with Crippen LogP contribution < -0.4 is 0 Å². The summed E-state index contributed by atoms with van der Waals surface area (Å²) < 4.78 is 0. The molecule has 1 heteroatoms. The molecule has 0 saturated carbocycles. The quantitative estimate of drug-likeness (QED) is 0.204. The highest BCUT2D eigenvalue weighted by atomic mass is 14.7. The largest absolute Gasteiger partial charge is 0.248 e. The minimum absolute atomic E-state index is 0.0657. The smallest absolute Gasteiger partial charge is 0.0709 e. The maximum Gasteiger partial charge on any atom is 0.0709 e. The van der Waals surface area contributed by atoms with Gasteiger partial charge in [0.1, 0.15) is 0 Å². The Morgan fingerprint density at radius 3 is 2.23 bits per heavy atom. The van der Waals surface area contributed by atoms with E-state index in [-0.39, 0.29) is 5.41 Å². The van der Waals surface area contributed by atoms with Gasteiger partial charge < -0.3 is 0 Å². The van der Waals surface area contributed by atoms with Crippen molar-refractivity contribution in [2.75, 3.05) is 0 Å². The lowest BCUT2D eigenvalue weighted by Gasteiger charge is -2.27. The molecule has 0 amide bonds. The van der Waals surface area contributed by atoms with Crippen molar-refractivity contribution in [3.63, 3.8) is 0 Å². The summed E-state index contributed by atoms with van der Waals surface area (Å²) in [6, 6.07) is 41.7. The minimum atomic E-state index is -0.0657. The lowest BCUT2D eigenvalue weighted by atomic mass is 9.76. The monoisotopic (exact) mass is 563 g/mol. The van der Waals surface area contributed by atoms with Crippen LogP contribution >= 0.6 is 0 Å². The van der Waals surface area contributed by atoms with Gasteiger partial charge in [-0.25, -0.2) is 4.98 Å². The van der Waals surface area contributed by atoms with Crippen molar-refractivity contribution in [1.29, 1.82) is 0 Å². The predicted octanol–water partition coefficient (Wildman–Crippen LogP) is 11.2. The number of hydrogen-bond donors (Lipinski definition) is 0. The summed E-state index contributed by atoms with van der Waals surface area (Å²) >= 11 is 0. The van der Waals surface area contributed by atoms with Gasteiger partial charge in [-0.2, -0.15) is 0 Å². The van der Waals surface area contributed by atoms with E-state index in [1.165, 1.54) is 55.6 Å². The molecule has 1 nitrogen and oxygen atoms in total. The van der Waals surface area contributed by atoms with Gasteiger partial charge in [0, 0.05) is 16.4 Å². The van der Waals surface area contributed by atoms with Crippen LogP contribution in [-0.4, -0.2) is 4.98 Å². The van der Waals surface area contributed by atoms with Crippen molar-refractivity contribution in [2.45, 2.75) is 25.7 Å². The van der Waals surface area contributed by atoms with E-state index in [1.807, 2.05) is 6.07 Å². The molecule has 6 aromatic rings. The molecule has 0 spiro atoms. The first-order valence-corrected chi connectivity index (χ1v) is 15.4. The molecule has 2 aliphatic carbocycles. The zero-order chi connectivity index (χ0) is 29.8. The van der Waals surface area contributed by atoms with E-state index in [4.69, 9.17) is 4.98 Å². The number of fused-ring (bicyclic) bond motifs is 8. The van der Waals surface area contributed by atoms with Crippen LogP contribution in [0.1, 0.15) is 36.1 Å². The van der Waals surface area contributed by atoms with Gasteiger partial charge >= 0.3 is 0 Å². The normalized spacial score (nSPS) is 16.0. The third-order valence-corrected chi connectivity index (χ3v) is 9.46. The van der Waals surface area contributed by atoms with Gasteiger partial charge in [-0.1, -0.05) is 142 Å². The highest BCUT2D eigenvalue weighted by Gasteiger charge is 2.38. The Balaban J connectivity index is 1.23. The summed E-state index contributed by atoms with van der Waals surface area (Å²) in [5, 5.41) is 1.16. The molecular weight excluding hydrogens is 530 g/mol. The fourth-order valence-corrected chi connectivity index (χ4v) is 7.26. The molecule has 5 aromatic carbocycles. The number of nitrogens with zero attached hydrogens (tertiary/aromatic N) is 1. The molecule has 0 atom stereocenters. The number of para-hydroxylation sites is 1. The van der Waals surface area contributed by atoms with E-state index in [0.717, 1.165) is 34.2 Å². The van der Waals surface area contributed by atoms with Crippen LogP contribution in [0.15, 0.2) is 146 Å². The van der Waals surface area contributed by atoms with Crippen molar-refractivity contribution >= 4 is 16.5 Å². The van der Waals surface area contributed by atoms with E-state index in [2.05, 4.69) is 154 Å². The van der Waals surface area contributed by atoms with E-state index in [0.29, 0.717) is 0 Å². The van der Waals surface area contributed by atoms with Crippen LogP contribution in [0.2, 0.25) is 0 Å². The molecule has 2 aliphatic rings. The number of benzene rings is 5. The van der Waals surface area contributed by atoms with Crippen molar-refractivity contribution in [1.82, 2.24) is 4.98 Å². The van der Waals surface area contributed by atoms with Gasteiger partial charge in [0.2, 0.25) is 0 Å². The number of hydrogen-bond acceptors (Lipinski definition) is 1. The maximum atomic E-state index is 4.90. The molecule has 0 saturated heterocycles. The second-order valence-electron chi connectivity index (χ2n) is 12.4. The number of allylic oxidation sites excluding steroid dienone is 5. The van der Waals surface area contributed by atoms with Crippen LogP contribution in [0.25, 0.3) is 61.1 Å². The van der Waals surface area contributed by atoms with Crippen LogP contribution in [0.5, 0.6) is 0 Å². The Hall–Kier alpha value is -5.27. The molecule has 0 unspecified atom stereocenters. The Morgan fingerprint density at radius 1 is 0.614 bits per heavy atom. The summed E-state index contributed by atoms with van der Waals surface area (Å²) in [4.78, 5) is 4.90. The van der Waals surface area contributed by atoms with Gasteiger partial charge in [0.05, 0.1) is 11.2 Å². The molecule has 0 fully saturated rings. The van der Waals surface area contributed by atoms with Crippen LogP contribution in [-0.2, 0) is 11.8 Å². The zero-order valence-electron chi connectivity index (χ0n) is 25.1. The zero-order valence-corrected chi connectivity index (χ0v) is 25.1.